The minimum absolute atomic E-state index is 0.0237. The number of Topliss-reactive ketones (excluding diaryl/α,β-unsaturated/α-hetero) is 1. The summed E-state index contributed by atoms with van der Waals surface area (Å²) in [5, 5.41) is 1.12. The molecular formula is C25H25N3O2S. The van der Waals surface area contributed by atoms with Gasteiger partial charge in [0.15, 0.2) is 10.9 Å². The molecule has 158 valence electrons. The minimum atomic E-state index is -0.103. The van der Waals surface area contributed by atoms with E-state index in [9.17, 15) is 9.59 Å². The van der Waals surface area contributed by atoms with Crippen LogP contribution in [0, 0.1) is 27.7 Å². The highest BCUT2D eigenvalue weighted by Crippen LogP contribution is 2.25. The van der Waals surface area contributed by atoms with Crippen LogP contribution in [0.15, 0.2) is 58.5 Å². The van der Waals surface area contributed by atoms with Gasteiger partial charge in [-0.3, -0.25) is 14.2 Å². The second-order valence-corrected chi connectivity index (χ2v) is 8.82. The lowest BCUT2D eigenvalue weighted by Gasteiger charge is -2.12. The number of carbonyl (C=O) groups is 1. The molecule has 5 nitrogen and oxygen atoms in total. The van der Waals surface area contributed by atoms with E-state index in [4.69, 9.17) is 0 Å². The molecule has 0 spiro atoms. The molecule has 0 unspecified atom stereocenters. The Hall–Kier alpha value is -3.12. The van der Waals surface area contributed by atoms with E-state index in [0.717, 1.165) is 17.1 Å². The van der Waals surface area contributed by atoms with E-state index in [0.29, 0.717) is 21.6 Å². The predicted molar refractivity (Wildman–Crippen MR) is 127 cm³/mol. The van der Waals surface area contributed by atoms with Crippen LogP contribution in [-0.4, -0.2) is 25.7 Å². The lowest BCUT2D eigenvalue weighted by atomic mass is 10.1. The molecule has 2 aromatic heterocycles. The maximum absolute atomic E-state index is 13.1. The zero-order valence-corrected chi connectivity index (χ0v) is 19.2. The number of ketones is 1. The largest absolute Gasteiger partial charge is 0.318 e. The number of fused-ring (bicyclic) bond motifs is 1. The van der Waals surface area contributed by atoms with Crippen molar-refractivity contribution in [3.63, 3.8) is 0 Å². The molecular weight excluding hydrogens is 406 g/mol. The molecule has 31 heavy (non-hydrogen) atoms. The number of rotatable bonds is 5. The third kappa shape index (κ3) is 3.83. The number of thioether (sulfide) groups is 1. The average Bonchev–Trinajstić information content (AvgIpc) is 3.05. The third-order valence-electron chi connectivity index (χ3n) is 5.75. The first-order chi connectivity index (χ1) is 14.8. The zero-order valence-electron chi connectivity index (χ0n) is 18.4. The first-order valence-corrected chi connectivity index (χ1v) is 11.1. The van der Waals surface area contributed by atoms with E-state index in [-0.39, 0.29) is 17.1 Å². The Morgan fingerprint density at radius 3 is 2.48 bits per heavy atom. The Kier molecular flexibility index (Phi) is 5.58. The molecule has 0 aliphatic carbocycles. The Morgan fingerprint density at radius 1 is 1.00 bits per heavy atom. The number of aryl methyl sites for hydroxylation is 3. The molecule has 0 saturated carbocycles. The monoisotopic (exact) mass is 431 g/mol. The van der Waals surface area contributed by atoms with Crippen LogP contribution in [0.1, 0.15) is 32.9 Å². The third-order valence-corrected chi connectivity index (χ3v) is 6.78. The van der Waals surface area contributed by atoms with Gasteiger partial charge >= 0.3 is 0 Å². The van der Waals surface area contributed by atoms with Gasteiger partial charge in [0.1, 0.15) is 0 Å². The van der Waals surface area contributed by atoms with Crippen molar-refractivity contribution in [2.75, 3.05) is 5.75 Å². The average molecular weight is 432 g/mol. The Balaban J connectivity index is 1.62. The number of aromatic nitrogens is 3. The molecule has 0 aliphatic rings. The van der Waals surface area contributed by atoms with Crippen molar-refractivity contribution in [1.82, 2.24) is 14.1 Å². The molecule has 4 rings (SSSR count). The first kappa shape index (κ1) is 21.1. The molecule has 4 aromatic rings. The van der Waals surface area contributed by atoms with Crippen molar-refractivity contribution in [2.45, 2.75) is 32.9 Å². The summed E-state index contributed by atoms with van der Waals surface area (Å²) >= 11 is 1.30. The van der Waals surface area contributed by atoms with E-state index in [1.54, 1.807) is 13.1 Å². The van der Waals surface area contributed by atoms with E-state index in [1.165, 1.54) is 27.5 Å². The van der Waals surface area contributed by atoms with Crippen LogP contribution in [-0.2, 0) is 7.05 Å². The van der Waals surface area contributed by atoms with Gasteiger partial charge in [0.2, 0.25) is 0 Å². The molecule has 0 amide bonds. The maximum Gasteiger partial charge on any atom is 0.261 e. The molecule has 0 atom stereocenters. The van der Waals surface area contributed by atoms with E-state index in [1.807, 2.05) is 38.1 Å². The van der Waals surface area contributed by atoms with Crippen molar-refractivity contribution in [3.8, 4) is 5.69 Å². The molecule has 0 aliphatic heterocycles. The highest BCUT2D eigenvalue weighted by molar-refractivity contribution is 7.99. The number of nitrogens with zero attached hydrogens (tertiary/aromatic N) is 3. The number of hydrogen-bond donors (Lipinski definition) is 0. The molecule has 6 heteroatoms. The zero-order chi connectivity index (χ0) is 22.3. The van der Waals surface area contributed by atoms with Crippen LogP contribution in [0.3, 0.4) is 0 Å². The van der Waals surface area contributed by atoms with Gasteiger partial charge in [-0.1, -0.05) is 30.0 Å². The van der Waals surface area contributed by atoms with Crippen LogP contribution in [0.25, 0.3) is 16.6 Å². The highest BCUT2D eigenvalue weighted by atomic mass is 32.2. The fourth-order valence-corrected chi connectivity index (χ4v) is 4.70. The number of carbonyl (C=O) groups excluding carboxylic acids is 1. The van der Waals surface area contributed by atoms with Crippen molar-refractivity contribution in [2.24, 2.45) is 7.05 Å². The maximum atomic E-state index is 13.1. The lowest BCUT2D eigenvalue weighted by molar-refractivity contribution is 0.102. The van der Waals surface area contributed by atoms with Crippen LogP contribution in [0.5, 0.6) is 0 Å². The molecule has 0 bridgehead atoms. The molecule has 0 fully saturated rings. The van der Waals surface area contributed by atoms with Gasteiger partial charge < -0.3 is 4.57 Å². The first-order valence-electron chi connectivity index (χ1n) is 10.2. The van der Waals surface area contributed by atoms with Crippen LogP contribution < -0.4 is 5.56 Å². The summed E-state index contributed by atoms with van der Waals surface area (Å²) in [7, 11) is 1.69. The molecule has 2 aromatic carbocycles. The Bertz CT molecular complexity index is 1380. The van der Waals surface area contributed by atoms with Gasteiger partial charge in [0.25, 0.3) is 5.56 Å². The van der Waals surface area contributed by atoms with Gasteiger partial charge in [0.05, 0.1) is 16.7 Å². The molecule has 2 heterocycles. The highest BCUT2D eigenvalue weighted by Gasteiger charge is 2.18. The van der Waals surface area contributed by atoms with Crippen LogP contribution in [0.2, 0.25) is 0 Å². The second-order valence-electron chi connectivity index (χ2n) is 7.88. The molecule has 0 N–H and O–H groups in total. The summed E-state index contributed by atoms with van der Waals surface area (Å²) in [4.78, 5) is 30.2. The van der Waals surface area contributed by atoms with E-state index in [2.05, 4.69) is 41.6 Å². The summed E-state index contributed by atoms with van der Waals surface area (Å²) in [5.74, 6) is 0.242. The predicted octanol–water partition coefficient (Wildman–Crippen LogP) is 4.93. The van der Waals surface area contributed by atoms with Crippen LogP contribution >= 0.6 is 11.8 Å². The summed E-state index contributed by atoms with van der Waals surface area (Å²) < 4.78 is 3.63. The second kappa shape index (κ2) is 8.19. The normalized spacial score (nSPS) is 11.3. The van der Waals surface area contributed by atoms with E-state index < -0.39 is 0 Å². The minimum Gasteiger partial charge on any atom is -0.318 e. The smallest absolute Gasteiger partial charge is 0.261 e. The number of hydrogen-bond acceptors (Lipinski definition) is 4. The van der Waals surface area contributed by atoms with Gasteiger partial charge in [-0.2, -0.15) is 0 Å². The standard InChI is InChI=1S/C25H25N3O2S/c1-15-10-11-19(12-16(15)2)28-17(3)13-21(18(28)4)23(29)14-31-25-26-22-9-7-6-8-20(22)24(30)27(25)5/h6-13H,14H2,1-5H3. The van der Waals surface area contributed by atoms with Gasteiger partial charge in [-0.25, -0.2) is 4.98 Å². The molecule has 0 saturated heterocycles. The lowest BCUT2D eigenvalue weighted by Crippen LogP contribution is -2.20. The summed E-state index contributed by atoms with van der Waals surface area (Å²) in [5.41, 5.74) is 6.71. The topological polar surface area (TPSA) is 56.9 Å². The summed E-state index contributed by atoms with van der Waals surface area (Å²) in [6.07, 6.45) is 0. The molecule has 0 radical (unpaired) electrons. The fourth-order valence-electron chi connectivity index (χ4n) is 3.84. The number of benzene rings is 2. The fraction of sp³-hybridized carbons (Fsp3) is 0.240. The Morgan fingerprint density at radius 2 is 1.74 bits per heavy atom. The van der Waals surface area contributed by atoms with Crippen molar-refractivity contribution in [3.05, 3.63) is 87.0 Å². The number of para-hydroxylation sites is 1. The quantitative estimate of drug-likeness (QED) is 0.255. The summed E-state index contributed by atoms with van der Waals surface area (Å²) in [6.45, 7) is 8.18. The van der Waals surface area contributed by atoms with Crippen molar-refractivity contribution >= 4 is 28.4 Å². The van der Waals surface area contributed by atoms with E-state index >= 15 is 0 Å². The SMILES string of the molecule is Cc1ccc(-n2c(C)cc(C(=O)CSc3nc4ccccc4c(=O)n3C)c2C)cc1C. The van der Waals surface area contributed by atoms with Gasteiger partial charge in [-0.05, 0) is 69.2 Å². The van der Waals surface area contributed by atoms with Crippen molar-refractivity contribution < 1.29 is 4.79 Å². The van der Waals surface area contributed by atoms with Crippen LogP contribution in [0.4, 0.5) is 0 Å². The summed E-state index contributed by atoms with van der Waals surface area (Å²) in [6, 6.07) is 15.6. The Labute approximate surface area is 185 Å². The van der Waals surface area contributed by atoms with Gasteiger partial charge in [-0.15, -0.1) is 0 Å². The van der Waals surface area contributed by atoms with Gasteiger partial charge in [0, 0.05) is 29.7 Å². The van der Waals surface area contributed by atoms with Crippen molar-refractivity contribution in [1.29, 1.82) is 0 Å².